The first-order valence-electron chi connectivity index (χ1n) is 21.5. The zero-order valence-electron chi connectivity index (χ0n) is 34.1. The Morgan fingerprint density at radius 2 is 0.656 bits per heavy atom. The summed E-state index contributed by atoms with van der Waals surface area (Å²) in [5, 5.41) is 18.1. The van der Waals surface area contributed by atoms with Crippen LogP contribution in [0.2, 0.25) is 0 Å². The monoisotopic (exact) mass is 772 g/mol. The van der Waals surface area contributed by atoms with E-state index in [1.807, 2.05) is 0 Å². The zero-order valence-corrected chi connectivity index (χ0v) is 34.1. The van der Waals surface area contributed by atoms with Crippen LogP contribution >= 0.6 is 0 Å². The lowest BCUT2D eigenvalue weighted by atomic mass is 9.80. The fourth-order valence-corrected chi connectivity index (χ4v) is 11.0. The van der Waals surface area contributed by atoms with E-state index in [0.29, 0.717) is 0 Å². The fourth-order valence-electron chi connectivity index (χ4n) is 11.0. The van der Waals surface area contributed by atoms with Crippen LogP contribution in [0, 0.1) is 0 Å². The molecule has 1 aliphatic rings. The molecule has 0 amide bonds. The van der Waals surface area contributed by atoms with Crippen LogP contribution in [0.4, 0.5) is 0 Å². The summed E-state index contributed by atoms with van der Waals surface area (Å²) in [7, 11) is 0. The number of hydrogen-bond donors (Lipinski definition) is 0. The Morgan fingerprint density at radius 1 is 0.246 bits per heavy atom. The SMILES string of the molecule is CC1(C)c2cc(-c3ccc4ccc(-c5cc6c7ccccc7c7ccccc7c6c6ccccc56)cc4c3)ccc2-c2ccc(-c3cc4ccccc4c4ccccc34)cc21. The Kier molecular flexibility index (Phi) is 7.17. The summed E-state index contributed by atoms with van der Waals surface area (Å²) in [5.41, 5.74) is 12.9. The summed E-state index contributed by atoms with van der Waals surface area (Å²) in [4.78, 5) is 0. The third-order valence-electron chi connectivity index (χ3n) is 14.0. The smallest absolute Gasteiger partial charge is 0.0159 e. The topological polar surface area (TPSA) is 0 Å². The van der Waals surface area contributed by atoms with E-state index in [1.54, 1.807) is 0 Å². The quantitative estimate of drug-likeness (QED) is 0.157. The van der Waals surface area contributed by atoms with E-state index in [0.717, 1.165) is 0 Å². The van der Waals surface area contributed by atoms with Crippen molar-refractivity contribution in [3.8, 4) is 44.5 Å². The largest absolute Gasteiger partial charge is 0.0616 e. The van der Waals surface area contributed by atoms with Crippen molar-refractivity contribution >= 4 is 75.4 Å². The second kappa shape index (κ2) is 12.7. The van der Waals surface area contributed by atoms with Crippen molar-refractivity contribution in [1.82, 2.24) is 0 Å². The molecular weight excluding hydrogens is 733 g/mol. The summed E-state index contributed by atoms with van der Waals surface area (Å²) >= 11 is 0. The maximum atomic E-state index is 2.46. The average Bonchev–Trinajstić information content (AvgIpc) is 3.55. The van der Waals surface area contributed by atoms with Gasteiger partial charge in [0.05, 0.1) is 0 Å². The summed E-state index contributed by atoms with van der Waals surface area (Å²) in [6.07, 6.45) is 0. The van der Waals surface area contributed by atoms with E-state index in [9.17, 15) is 0 Å². The highest BCUT2D eigenvalue weighted by Gasteiger charge is 2.36. The van der Waals surface area contributed by atoms with Crippen molar-refractivity contribution in [2.24, 2.45) is 0 Å². The lowest BCUT2D eigenvalue weighted by Crippen LogP contribution is -2.15. The maximum absolute atomic E-state index is 2.46. The minimum absolute atomic E-state index is 0.153. The number of benzene rings is 12. The summed E-state index contributed by atoms with van der Waals surface area (Å²) in [6, 6.07) is 77.5. The van der Waals surface area contributed by atoms with E-state index in [4.69, 9.17) is 0 Å². The van der Waals surface area contributed by atoms with Gasteiger partial charge in [-0.25, -0.2) is 0 Å². The van der Waals surface area contributed by atoms with Gasteiger partial charge < -0.3 is 0 Å². The molecule has 1 aliphatic carbocycles. The Hall–Kier alpha value is -7.54. The fraction of sp³-hybridized carbons (Fsp3) is 0.0492. The van der Waals surface area contributed by atoms with Gasteiger partial charge in [0.25, 0.3) is 0 Å². The molecule has 0 radical (unpaired) electrons. The van der Waals surface area contributed by atoms with Crippen LogP contribution < -0.4 is 0 Å². The molecule has 284 valence electrons. The molecule has 12 aromatic carbocycles. The third-order valence-corrected chi connectivity index (χ3v) is 14.0. The average molecular weight is 773 g/mol. The van der Waals surface area contributed by atoms with Gasteiger partial charge in [-0.1, -0.05) is 184 Å². The molecule has 0 nitrogen and oxygen atoms in total. The van der Waals surface area contributed by atoms with E-state index in [2.05, 4.69) is 220 Å². The molecule has 61 heavy (non-hydrogen) atoms. The predicted octanol–water partition coefficient (Wildman–Crippen LogP) is 17.1. The number of hydrogen-bond acceptors (Lipinski definition) is 0. The molecule has 12 aromatic rings. The van der Waals surface area contributed by atoms with Crippen molar-refractivity contribution in [3.63, 3.8) is 0 Å². The van der Waals surface area contributed by atoms with Crippen molar-refractivity contribution in [2.75, 3.05) is 0 Å². The highest BCUT2D eigenvalue weighted by atomic mass is 14.4. The first-order chi connectivity index (χ1) is 30.0. The van der Waals surface area contributed by atoms with Gasteiger partial charge in [0.2, 0.25) is 0 Å². The van der Waals surface area contributed by atoms with Gasteiger partial charge in [-0.2, -0.15) is 0 Å². The van der Waals surface area contributed by atoms with Crippen LogP contribution in [-0.2, 0) is 5.41 Å². The molecule has 0 spiro atoms. The van der Waals surface area contributed by atoms with Gasteiger partial charge in [-0.3, -0.25) is 0 Å². The van der Waals surface area contributed by atoms with Crippen LogP contribution in [0.1, 0.15) is 25.0 Å². The molecule has 0 bridgehead atoms. The lowest BCUT2D eigenvalue weighted by molar-refractivity contribution is 0.661. The normalized spacial score (nSPS) is 13.2. The second-order valence-corrected chi connectivity index (χ2v) is 17.6. The van der Waals surface area contributed by atoms with Crippen LogP contribution in [-0.4, -0.2) is 0 Å². The molecule has 0 N–H and O–H groups in total. The van der Waals surface area contributed by atoms with Gasteiger partial charge >= 0.3 is 0 Å². The van der Waals surface area contributed by atoms with Crippen LogP contribution in [0.25, 0.3) is 120 Å². The van der Waals surface area contributed by atoms with E-state index >= 15 is 0 Å². The minimum Gasteiger partial charge on any atom is -0.0616 e. The molecular formula is C61H40. The Morgan fingerprint density at radius 3 is 1.34 bits per heavy atom. The van der Waals surface area contributed by atoms with Gasteiger partial charge in [0.1, 0.15) is 0 Å². The predicted molar refractivity (Wildman–Crippen MR) is 263 cm³/mol. The van der Waals surface area contributed by atoms with E-state index < -0.39 is 0 Å². The van der Waals surface area contributed by atoms with Crippen molar-refractivity contribution in [3.05, 3.63) is 217 Å². The lowest BCUT2D eigenvalue weighted by Gasteiger charge is -2.23. The minimum atomic E-state index is -0.153. The summed E-state index contributed by atoms with van der Waals surface area (Å²) < 4.78 is 0. The van der Waals surface area contributed by atoms with Gasteiger partial charge in [0.15, 0.2) is 0 Å². The van der Waals surface area contributed by atoms with Crippen molar-refractivity contribution < 1.29 is 0 Å². The summed E-state index contributed by atoms with van der Waals surface area (Å²) in [5.74, 6) is 0. The Bertz CT molecular complexity index is 3840. The van der Waals surface area contributed by atoms with Gasteiger partial charge in [-0.15, -0.1) is 0 Å². The standard InChI is InChI=1S/C61H40/c1-61(2)58-34-39(27-29-51(58)52-30-28-42(35-59(52)61)55-33-40-13-3-4-14-44(40)45-15-5-7-18-48(45)55)38-25-23-37-24-26-41(32-43(37)31-38)56-36-57-49-19-8-6-16-46(49)47-17-9-11-21-53(47)60(57)54-22-12-10-20-50(54)56/h3-36H,1-2H3. The first-order valence-corrected chi connectivity index (χ1v) is 21.5. The second-order valence-electron chi connectivity index (χ2n) is 17.6. The molecule has 13 rings (SSSR count). The molecule has 0 aromatic heterocycles. The maximum Gasteiger partial charge on any atom is 0.0159 e. The molecule has 0 heteroatoms. The highest BCUT2D eigenvalue weighted by molar-refractivity contribution is 6.33. The van der Waals surface area contributed by atoms with Gasteiger partial charge in [0, 0.05) is 5.41 Å². The molecule has 0 unspecified atom stereocenters. The molecule has 0 saturated carbocycles. The van der Waals surface area contributed by atoms with Crippen LogP contribution in [0.15, 0.2) is 206 Å². The first kappa shape index (κ1) is 34.3. The van der Waals surface area contributed by atoms with E-state index in [1.165, 1.54) is 131 Å². The number of rotatable bonds is 3. The summed E-state index contributed by atoms with van der Waals surface area (Å²) in [6.45, 7) is 4.80. The zero-order chi connectivity index (χ0) is 40.4. The molecule has 0 atom stereocenters. The number of fused-ring (bicyclic) bond motifs is 15. The van der Waals surface area contributed by atoms with Crippen LogP contribution in [0.3, 0.4) is 0 Å². The molecule has 0 aliphatic heterocycles. The third kappa shape index (κ3) is 5.00. The molecule has 0 fully saturated rings. The van der Waals surface area contributed by atoms with E-state index in [-0.39, 0.29) is 5.41 Å². The Labute approximate surface area is 355 Å². The highest BCUT2D eigenvalue weighted by Crippen LogP contribution is 2.51. The van der Waals surface area contributed by atoms with Crippen LogP contribution in [0.5, 0.6) is 0 Å². The van der Waals surface area contributed by atoms with Gasteiger partial charge in [-0.05, 0) is 167 Å². The van der Waals surface area contributed by atoms with Crippen molar-refractivity contribution in [2.45, 2.75) is 19.3 Å². The molecule has 0 saturated heterocycles. The Balaban J connectivity index is 0.919. The van der Waals surface area contributed by atoms with Crippen molar-refractivity contribution in [1.29, 1.82) is 0 Å². The molecule has 0 heterocycles.